The monoisotopic (exact) mass is 540 g/mol. The number of anilines is 2. The number of benzene rings is 2. The number of halogens is 3. The van der Waals surface area contributed by atoms with Crippen molar-refractivity contribution >= 4 is 81.9 Å². The second-order valence-corrected chi connectivity index (χ2v) is 12.3. The third-order valence-corrected chi connectivity index (χ3v) is 9.04. The summed E-state index contributed by atoms with van der Waals surface area (Å²) in [6.07, 6.45) is 0. The van der Waals surface area contributed by atoms with Crippen molar-refractivity contribution < 1.29 is 16.8 Å². The van der Waals surface area contributed by atoms with Gasteiger partial charge in [-0.2, -0.15) is 0 Å². The molecule has 0 fully saturated rings. The molecule has 0 saturated heterocycles. The van der Waals surface area contributed by atoms with Gasteiger partial charge in [-0.15, -0.1) is 11.3 Å². The molecule has 0 aliphatic heterocycles. The summed E-state index contributed by atoms with van der Waals surface area (Å²) < 4.78 is 55.2. The maximum Gasteiger partial charge on any atom is 0.271 e. The van der Waals surface area contributed by atoms with Crippen LogP contribution >= 0.6 is 50.5 Å². The van der Waals surface area contributed by atoms with E-state index >= 15 is 0 Å². The van der Waals surface area contributed by atoms with Crippen LogP contribution < -0.4 is 9.44 Å². The second-order valence-electron chi connectivity index (χ2n) is 5.42. The number of hydrogen-bond donors (Lipinski definition) is 2. The molecule has 3 aromatic rings. The summed E-state index contributed by atoms with van der Waals surface area (Å²) >= 11 is 16.0. The zero-order valence-corrected chi connectivity index (χ0v) is 19.2. The molecule has 1 aromatic heterocycles. The van der Waals surface area contributed by atoms with Gasteiger partial charge in [0.2, 0.25) is 0 Å². The quantitative estimate of drug-likeness (QED) is 0.436. The van der Waals surface area contributed by atoms with Crippen molar-refractivity contribution in [1.29, 1.82) is 0 Å². The Hall–Kier alpha value is -1.30. The molecule has 0 saturated carbocycles. The van der Waals surface area contributed by atoms with Crippen LogP contribution in [0.3, 0.4) is 0 Å². The lowest BCUT2D eigenvalue weighted by atomic mass is 10.3. The minimum Gasteiger partial charge on any atom is -0.280 e. The first-order valence-electron chi connectivity index (χ1n) is 7.43. The first-order valence-corrected chi connectivity index (χ1v) is 12.8. The molecule has 0 bridgehead atoms. The van der Waals surface area contributed by atoms with Gasteiger partial charge in [0.1, 0.15) is 4.21 Å². The fraction of sp³-hybridized carbons (Fsp3) is 0. The van der Waals surface area contributed by atoms with E-state index in [2.05, 4.69) is 25.4 Å². The molecule has 0 unspecified atom stereocenters. The van der Waals surface area contributed by atoms with E-state index in [4.69, 9.17) is 23.2 Å². The van der Waals surface area contributed by atoms with E-state index in [0.717, 1.165) is 11.3 Å². The Morgan fingerprint density at radius 2 is 1.36 bits per heavy atom. The normalized spacial score (nSPS) is 12.0. The third kappa shape index (κ3) is 5.00. The summed E-state index contributed by atoms with van der Waals surface area (Å²) in [5.74, 6) is 0. The van der Waals surface area contributed by atoms with E-state index in [9.17, 15) is 16.8 Å². The molecule has 0 radical (unpaired) electrons. The highest BCUT2D eigenvalue weighted by molar-refractivity contribution is 9.11. The smallest absolute Gasteiger partial charge is 0.271 e. The van der Waals surface area contributed by atoms with Crippen LogP contribution in [0, 0.1) is 0 Å². The number of thiophene rings is 1. The van der Waals surface area contributed by atoms with E-state index in [1.165, 1.54) is 48.5 Å². The van der Waals surface area contributed by atoms with Crippen molar-refractivity contribution in [3.8, 4) is 0 Å². The van der Waals surface area contributed by atoms with E-state index in [1.54, 1.807) is 6.07 Å². The van der Waals surface area contributed by atoms with E-state index in [0.29, 0.717) is 8.81 Å². The predicted molar refractivity (Wildman–Crippen MR) is 117 cm³/mol. The molecule has 6 nitrogen and oxygen atoms in total. The van der Waals surface area contributed by atoms with Crippen LogP contribution in [0.4, 0.5) is 11.4 Å². The first-order chi connectivity index (χ1) is 13.1. The van der Waals surface area contributed by atoms with Crippen LogP contribution in [-0.2, 0) is 20.0 Å². The van der Waals surface area contributed by atoms with Gasteiger partial charge in [-0.3, -0.25) is 9.44 Å². The zero-order valence-electron chi connectivity index (χ0n) is 13.7. The summed E-state index contributed by atoms with van der Waals surface area (Å²) in [6, 6.07) is 12.8. The highest BCUT2D eigenvalue weighted by atomic mass is 79.9. The van der Waals surface area contributed by atoms with Crippen molar-refractivity contribution in [3.05, 3.63) is 68.4 Å². The first kappa shape index (κ1) is 21.4. The van der Waals surface area contributed by atoms with Gasteiger partial charge in [-0.1, -0.05) is 23.2 Å². The molecular formula is C16H11BrCl2N2O4S3. The lowest BCUT2D eigenvalue weighted by Crippen LogP contribution is -2.14. The second kappa shape index (κ2) is 8.21. The minimum atomic E-state index is -3.89. The zero-order chi connectivity index (χ0) is 20.5. The van der Waals surface area contributed by atoms with Crippen molar-refractivity contribution in [2.45, 2.75) is 9.10 Å². The molecule has 0 aliphatic rings. The summed E-state index contributed by atoms with van der Waals surface area (Å²) in [7, 11) is -7.64. The van der Waals surface area contributed by atoms with Crippen molar-refractivity contribution in [2.75, 3.05) is 9.44 Å². The predicted octanol–water partition coefficient (Wildman–Crippen LogP) is 5.42. The summed E-state index contributed by atoms with van der Waals surface area (Å²) in [6.45, 7) is 0. The van der Waals surface area contributed by atoms with Gasteiger partial charge in [-0.05, 0) is 70.5 Å². The van der Waals surface area contributed by atoms with Crippen LogP contribution in [0.2, 0.25) is 10.0 Å². The van der Waals surface area contributed by atoms with Gasteiger partial charge in [0, 0.05) is 5.69 Å². The van der Waals surface area contributed by atoms with Gasteiger partial charge >= 0.3 is 0 Å². The molecule has 0 amide bonds. The Kier molecular flexibility index (Phi) is 6.28. The lowest BCUT2D eigenvalue weighted by molar-refractivity contribution is 0.600. The van der Waals surface area contributed by atoms with E-state index in [1.807, 2.05) is 0 Å². The molecule has 0 atom stereocenters. The lowest BCUT2D eigenvalue weighted by Gasteiger charge is -2.10. The SMILES string of the molecule is O=S(=O)(Nc1ccc(Cl)c(Cl)c1)c1ccc(NS(=O)(=O)c2ccc(Br)s2)cc1. The maximum absolute atomic E-state index is 12.5. The Balaban J connectivity index is 1.78. The van der Waals surface area contributed by atoms with Crippen LogP contribution in [0.1, 0.15) is 0 Å². The molecule has 0 aliphatic carbocycles. The molecule has 1 heterocycles. The standard InChI is InChI=1S/C16H11BrCl2N2O4S3/c17-15-7-8-16(26-15)28(24,25)20-10-1-4-12(5-2-10)27(22,23)21-11-3-6-13(18)14(19)9-11/h1-9,20-21H. The molecule has 3 rings (SSSR count). The molecule has 28 heavy (non-hydrogen) atoms. The average Bonchev–Trinajstić information content (AvgIpc) is 3.06. The molecule has 2 N–H and O–H groups in total. The summed E-state index contributed by atoms with van der Waals surface area (Å²) in [5, 5.41) is 0.519. The van der Waals surface area contributed by atoms with E-state index < -0.39 is 20.0 Å². The molecule has 2 aromatic carbocycles. The topological polar surface area (TPSA) is 92.3 Å². The van der Waals surface area contributed by atoms with Crippen molar-refractivity contribution in [2.24, 2.45) is 0 Å². The van der Waals surface area contributed by atoms with Crippen LogP contribution in [-0.4, -0.2) is 16.8 Å². The Morgan fingerprint density at radius 1 is 0.750 bits per heavy atom. The fourth-order valence-corrected chi connectivity index (χ4v) is 6.54. The summed E-state index contributed by atoms with van der Waals surface area (Å²) in [4.78, 5) is -0.0413. The number of nitrogens with one attached hydrogen (secondary N) is 2. The highest BCUT2D eigenvalue weighted by Crippen LogP contribution is 2.29. The fourth-order valence-electron chi connectivity index (χ4n) is 2.12. The van der Waals surface area contributed by atoms with Crippen molar-refractivity contribution in [1.82, 2.24) is 0 Å². The largest absolute Gasteiger partial charge is 0.280 e. The average molecular weight is 542 g/mol. The number of sulfonamides is 2. The maximum atomic E-state index is 12.5. The summed E-state index contributed by atoms with van der Waals surface area (Å²) in [5.41, 5.74) is 0.487. The van der Waals surface area contributed by atoms with Gasteiger partial charge < -0.3 is 0 Å². The highest BCUT2D eigenvalue weighted by Gasteiger charge is 2.18. The van der Waals surface area contributed by atoms with Gasteiger partial charge in [0.05, 0.1) is 24.4 Å². The molecule has 0 spiro atoms. The van der Waals surface area contributed by atoms with Gasteiger partial charge in [-0.25, -0.2) is 16.8 Å². The van der Waals surface area contributed by atoms with Crippen LogP contribution in [0.25, 0.3) is 0 Å². The third-order valence-electron chi connectivity index (χ3n) is 3.40. The molecule has 148 valence electrons. The number of hydrogen-bond acceptors (Lipinski definition) is 5. The Bertz CT molecular complexity index is 1230. The van der Waals surface area contributed by atoms with Gasteiger partial charge in [0.25, 0.3) is 20.0 Å². The van der Waals surface area contributed by atoms with E-state index in [-0.39, 0.29) is 25.5 Å². The molecular weight excluding hydrogens is 531 g/mol. The minimum absolute atomic E-state index is 0.0413. The number of rotatable bonds is 6. The van der Waals surface area contributed by atoms with Crippen LogP contribution in [0.15, 0.2) is 67.5 Å². The Morgan fingerprint density at radius 3 is 1.93 bits per heavy atom. The van der Waals surface area contributed by atoms with Crippen molar-refractivity contribution in [3.63, 3.8) is 0 Å². The van der Waals surface area contributed by atoms with Crippen LogP contribution in [0.5, 0.6) is 0 Å². The van der Waals surface area contributed by atoms with Gasteiger partial charge in [0.15, 0.2) is 0 Å². The molecule has 12 heteroatoms. The Labute approximate surface area is 184 Å².